The Kier molecular flexibility index (Phi) is 12.0. The van der Waals surface area contributed by atoms with Gasteiger partial charge in [0.25, 0.3) is 0 Å². The molecule has 1 heterocycles. The van der Waals surface area contributed by atoms with Crippen molar-refractivity contribution in [1.82, 2.24) is 0 Å². The number of thiophene rings is 1. The highest BCUT2D eigenvalue weighted by Crippen LogP contribution is 2.21. The zero-order chi connectivity index (χ0) is 18.3. The number of rotatable bonds is 15. The highest BCUT2D eigenvalue weighted by atomic mass is 32.1. The van der Waals surface area contributed by atoms with Gasteiger partial charge >= 0.3 is 5.97 Å². The molecule has 0 saturated heterocycles. The van der Waals surface area contributed by atoms with Crippen molar-refractivity contribution in [3.63, 3.8) is 0 Å². The van der Waals surface area contributed by atoms with Crippen molar-refractivity contribution in [2.24, 2.45) is 0 Å². The second kappa shape index (κ2) is 13.8. The van der Waals surface area contributed by atoms with Crippen LogP contribution in [0.2, 0.25) is 0 Å². The number of allylic oxidation sites excluding steroid dienone is 1. The number of ketones is 1. The van der Waals surface area contributed by atoms with E-state index in [0.29, 0.717) is 12.8 Å². The second-order valence-corrected chi connectivity index (χ2v) is 7.78. The molecular weight excluding hydrogens is 332 g/mol. The maximum atomic E-state index is 11.7. The van der Waals surface area contributed by atoms with E-state index in [9.17, 15) is 9.59 Å². The smallest absolute Gasteiger partial charge is 0.303 e. The molecule has 1 rings (SSSR count). The first-order valence-electron chi connectivity index (χ1n) is 9.63. The topological polar surface area (TPSA) is 54.4 Å². The molecule has 0 fully saturated rings. The molecule has 0 atom stereocenters. The molecule has 1 aromatic rings. The molecule has 0 radical (unpaired) electrons. The molecule has 0 aliphatic heterocycles. The van der Waals surface area contributed by atoms with Crippen molar-refractivity contribution in [3.8, 4) is 0 Å². The van der Waals surface area contributed by atoms with Crippen molar-refractivity contribution in [1.29, 1.82) is 0 Å². The summed E-state index contributed by atoms with van der Waals surface area (Å²) in [7, 11) is 0. The summed E-state index contributed by atoms with van der Waals surface area (Å²) in [6.07, 6.45) is 15.5. The zero-order valence-corrected chi connectivity index (χ0v) is 16.3. The molecular formula is C21H32O3S. The van der Waals surface area contributed by atoms with E-state index in [1.807, 2.05) is 6.08 Å². The maximum absolute atomic E-state index is 11.7. The highest BCUT2D eigenvalue weighted by molar-refractivity contribution is 7.12. The molecule has 1 aromatic heterocycles. The van der Waals surface area contributed by atoms with Crippen molar-refractivity contribution < 1.29 is 14.7 Å². The molecule has 0 unspecified atom stereocenters. The number of carbonyl (C=O) groups excluding carboxylic acids is 1. The van der Waals surface area contributed by atoms with Crippen LogP contribution in [0.3, 0.4) is 0 Å². The molecule has 1 N–H and O–H groups in total. The number of carbonyl (C=O) groups is 2. The number of hydrogen-bond acceptors (Lipinski definition) is 3. The van der Waals surface area contributed by atoms with Gasteiger partial charge in [-0.25, -0.2) is 0 Å². The van der Waals surface area contributed by atoms with E-state index in [1.165, 1.54) is 24.1 Å². The number of carboxylic acids is 1. The zero-order valence-electron chi connectivity index (χ0n) is 15.5. The normalized spacial score (nSPS) is 11.2. The molecule has 0 bridgehead atoms. The maximum Gasteiger partial charge on any atom is 0.303 e. The molecule has 0 amide bonds. The average molecular weight is 365 g/mol. The largest absolute Gasteiger partial charge is 0.481 e. The second-order valence-electron chi connectivity index (χ2n) is 6.58. The Labute approximate surface area is 156 Å². The van der Waals surface area contributed by atoms with Gasteiger partial charge in [0.05, 0.1) is 0 Å². The van der Waals surface area contributed by atoms with E-state index < -0.39 is 5.97 Å². The van der Waals surface area contributed by atoms with E-state index in [-0.39, 0.29) is 5.78 Å². The molecule has 25 heavy (non-hydrogen) atoms. The van der Waals surface area contributed by atoms with Crippen LogP contribution in [0.25, 0.3) is 6.08 Å². The van der Waals surface area contributed by atoms with E-state index in [2.05, 4.69) is 19.1 Å². The Bertz CT molecular complexity index is 531. The highest BCUT2D eigenvalue weighted by Gasteiger charge is 2.01. The van der Waals surface area contributed by atoms with Gasteiger partial charge in [0.1, 0.15) is 0 Å². The quantitative estimate of drug-likeness (QED) is 0.295. The van der Waals surface area contributed by atoms with Crippen molar-refractivity contribution in [2.45, 2.75) is 84.0 Å². The summed E-state index contributed by atoms with van der Waals surface area (Å²) < 4.78 is 0. The number of unbranched alkanes of at least 4 members (excludes halogenated alkanes) is 7. The fraction of sp³-hybridized carbons (Fsp3) is 0.619. The lowest BCUT2D eigenvalue weighted by atomic mass is 10.1. The summed E-state index contributed by atoms with van der Waals surface area (Å²) in [5.74, 6) is -0.462. The van der Waals surface area contributed by atoms with Gasteiger partial charge in [-0.3, -0.25) is 9.59 Å². The van der Waals surface area contributed by atoms with Gasteiger partial charge in [-0.15, -0.1) is 11.3 Å². The Morgan fingerprint density at radius 1 is 0.960 bits per heavy atom. The van der Waals surface area contributed by atoms with Gasteiger partial charge in [-0.2, -0.15) is 0 Å². The lowest BCUT2D eigenvalue weighted by Gasteiger charge is -2.00. The van der Waals surface area contributed by atoms with Crippen LogP contribution < -0.4 is 0 Å². The standard InChI is InChI=1S/C21H32O3S/c1-2-3-8-11-18(22)14-15-20-17-16-19(25-20)12-9-6-4-5-7-10-13-21(23)24/h14-17H,2-13H2,1H3,(H,23,24). The van der Waals surface area contributed by atoms with Crippen molar-refractivity contribution in [2.75, 3.05) is 0 Å². The molecule has 3 nitrogen and oxygen atoms in total. The van der Waals surface area contributed by atoms with Crippen LogP contribution >= 0.6 is 11.3 Å². The third-order valence-electron chi connectivity index (χ3n) is 4.21. The fourth-order valence-electron chi connectivity index (χ4n) is 2.71. The lowest BCUT2D eigenvalue weighted by Crippen LogP contribution is -1.93. The van der Waals surface area contributed by atoms with Gasteiger partial charge in [0.15, 0.2) is 5.78 Å². The van der Waals surface area contributed by atoms with Crippen LogP contribution in [-0.4, -0.2) is 16.9 Å². The summed E-state index contributed by atoms with van der Waals surface area (Å²) in [5, 5.41) is 8.58. The van der Waals surface area contributed by atoms with Crippen LogP contribution in [0.5, 0.6) is 0 Å². The van der Waals surface area contributed by atoms with Crippen molar-refractivity contribution >= 4 is 29.2 Å². The molecule has 4 heteroatoms. The SMILES string of the molecule is CCCCCC(=O)C=Cc1ccc(CCCCCCCCC(=O)O)s1. The predicted molar refractivity (Wildman–Crippen MR) is 106 cm³/mol. The van der Waals surface area contributed by atoms with Gasteiger partial charge < -0.3 is 5.11 Å². The third kappa shape index (κ3) is 11.7. The number of hydrogen-bond donors (Lipinski definition) is 1. The summed E-state index contributed by atoms with van der Waals surface area (Å²) in [4.78, 5) is 24.7. The van der Waals surface area contributed by atoms with Gasteiger partial charge in [-0.1, -0.05) is 45.4 Å². The first-order chi connectivity index (χ1) is 12.1. The Hall–Kier alpha value is -1.42. The molecule has 0 saturated carbocycles. The predicted octanol–water partition coefficient (Wildman–Crippen LogP) is 6.27. The Balaban J connectivity index is 2.12. The van der Waals surface area contributed by atoms with Crippen LogP contribution in [0, 0.1) is 0 Å². The third-order valence-corrected chi connectivity index (χ3v) is 5.32. The van der Waals surface area contributed by atoms with Crippen LogP contribution in [0.4, 0.5) is 0 Å². The van der Waals surface area contributed by atoms with Gasteiger partial charge in [0.2, 0.25) is 0 Å². The lowest BCUT2D eigenvalue weighted by molar-refractivity contribution is -0.137. The first-order valence-corrected chi connectivity index (χ1v) is 10.4. The van der Waals surface area contributed by atoms with E-state index >= 15 is 0 Å². The molecule has 0 aromatic carbocycles. The minimum absolute atomic E-state index is 0.228. The Morgan fingerprint density at radius 3 is 2.36 bits per heavy atom. The number of aliphatic carboxylic acids is 1. The molecule has 0 aliphatic carbocycles. The van der Waals surface area contributed by atoms with Crippen LogP contribution in [0.15, 0.2) is 18.2 Å². The summed E-state index contributed by atoms with van der Waals surface area (Å²) in [6, 6.07) is 4.26. The number of aryl methyl sites for hydroxylation is 1. The van der Waals surface area contributed by atoms with Crippen LogP contribution in [-0.2, 0) is 16.0 Å². The molecule has 140 valence electrons. The minimum atomic E-state index is -0.690. The summed E-state index contributed by atoms with van der Waals surface area (Å²) in [6.45, 7) is 2.15. The van der Waals surface area contributed by atoms with E-state index in [4.69, 9.17) is 5.11 Å². The molecule has 0 spiro atoms. The van der Waals surface area contributed by atoms with E-state index in [1.54, 1.807) is 17.4 Å². The monoisotopic (exact) mass is 364 g/mol. The Morgan fingerprint density at radius 2 is 1.64 bits per heavy atom. The number of carboxylic acid groups (broad SMARTS) is 1. The summed E-state index contributed by atoms with van der Waals surface area (Å²) >= 11 is 1.77. The van der Waals surface area contributed by atoms with Gasteiger partial charge in [0, 0.05) is 22.6 Å². The minimum Gasteiger partial charge on any atom is -0.481 e. The van der Waals surface area contributed by atoms with Crippen LogP contribution in [0.1, 0.15) is 87.3 Å². The first kappa shape index (κ1) is 21.6. The summed E-state index contributed by atoms with van der Waals surface area (Å²) in [5.41, 5.74) is 0. The molecule has 0 aliphatic rings. The van der Waals surface area contributed by atoms with E-state index in [0.717, 1.165) is 49.8 Å². The average Bonchev–Trinajstić information content (AvgIpc) is 3.03. The van der Waals surface area contributed by atoms with Gasteiger partial charge in [-0.05, 0) is 50.0 Å². The fourth-order valence-corrected chi connectivity index (χ4v) is 3.67. The van der Waals surface area contributed by atoms with Crippen molar-refractivity contribution in [3.05, 3.63) is 28.0 Å².